The lowest BCUT2D eigenvalue weighted by molar-refractivity contribution is 0.102. The monoisotopic (exact) mass is 350 g/mol. The van der Waals surface area contributed by atoms with E-state index in [1.54, 1.807) is 29.2 Å². The molecule has 0 unspecified atom stereocenters. The highest BCUT2D eigenvalue weighted by atomic mass is 16.5. The van der Waals surface area contributed by atoms with Crippen molar-refractivity contribution in [1.82, 2.24) is 15.0 Å². The first-order valence-corrected chi connectivity index (χ1v) is 8.78. The largest absolute Gasteiger partial charge is 0.494 e. The average Bonchev–Trinajstić information content (AvgIpc) is 3.21. The summed E-state index contributed by atoms with van der Waals surface area (Å²) in [4.78, 5) is 12.5. The van der Waals surface area contributed by atoms with Crippen LogP contribution in [0.25, 0.3) is 5.69 Å². The van der Waals surface area contributed by atoms with Crippen molar-refractivity contribution < 1.29 is 9.53 Å². The lowest BCUT2D eigenvalue weighted by Gasteiger charge is -2.11. The minimum absolute atomic E-state index is 0.185. The molecule has 6 nitrogen and oxygen atoms in total. The summed E-state index contributed by atoms with van der Waals surface area (Å²) in [6.07, 6.45) is 6.69. The Morgan fingerprint density at radius 1 is 1.12 bits per heavy atom. The van der Waals surface area contributed by atoms with Gasteiger partial charge in [0, 0.05) is 5.56 Å². The molecule has 26 heavy (non-hydrogen) atoms. The summed E-state index contributed by atoms with van der Waals surface area (Å²) in [5.74, 6) is 0.593. The first-order valence-electron chi connectivity index (χ1n) is 8.78. The number of aromatic nitrogens is 3. The fraction of sp³-hybridized carbons (Fsp3) is 0.250. The summed E-state index contributed by atoms with van der Waals surface area (Å²) < 4.78 is 7.29. The minimum Gasteiger partial charge on any atom is -0.494 e. The van der Waals surface area contributed by atoms with Crippen molar-refractivity contribution in [1.29, 1.82) is 0 Å². The van der Waals surface area contributed by atoms with Crippen LogP contribution in [0.4, 0.5) is 5.69 Å². The van der Waals surface area contributed by atoms with Gasteiger partial charge in [0.1, 0.15) is 5.75 Å². The van der Waals surface area contributed by atoms with Crippen molar-refractivity contribution in [2.75, 3.05) is 11.9 Å². The normalized spacial score (nSPS) is 10.5. The van der Waals surface area contributed by atoms with E-state index >= 15 is 0 Å². The van der Waals surface area contributed by atoms with Gasteiger partial charge in [0.15, 0.2) is 0 Å². The van der Waals surface area contributed by atoms with Gasteiger partial charge in [-0.2, -0.15) is 0 Å². The molecule has 0 fully saturated rings. The van der Waals surface area contributed by atoms with Crippen molar-refractivity contribution in [2.24, 2.45) is 0 Å². The zero-order chi connectivity index (χ0) is 18.2. The van der Waals surface area contributed by atoms with E-state index in [0.29, 0.717) is 17.9 Å². The molecule has 0 saturated carbocycles. The van der Waals surface area contributed by atoms with Gasteiger partial charge in [-0.25, -0.2) is 4.68 Å². The Labute approximate surface area is 152 Å². The van der Waals surface area contributed by atoms with Gasteiger partial charge in [-0.3, -0.25) is 4.79 Å². The average molecular weight is 350 g/mol. The van der Waals surface area contributed by atoms with Gasteiger partial charge in [-0.05, 0) is 42.8 Å². The van der Waals surface area contributed by atoms with E-state index < -0.39 is 0 Å². The third-order valence-electron chi connectivity index (χ3n) is 3.95. The second-order valence-corrected chi connectivity index (χ2v) is 5.90. The summed E-state index contributed by atoms with van der Waals surface area (Å²) >= 11 is 0. The van der Waals surface area contributed by atoms with Gasteiger partial charge in [0.05, 0.1) is 30.4 Å². The SMILES string of the molecule is CCCCCOc1ccc(C(=O)Nc2ccccc2-n2ccnn2)cc1. The number of anilines is 1. The summed E-state index contributed by atoms with van der Waals surface area (Å²) in [6, 6.07) is 14.6. The number of benzene rings is 2. The Balaban J connectivity index is 1.66. The van der Waals surface area contributed by atoms with Crippen molar-refractivity contribution in [3.63, 3.8) is 0 Å². The van der Waals surface area contributed by atoms with E-state index in [0.717, 1.165) is 24.3 Å². The predicted octanol–water partition coefficient (Wildman–Crippen LogP) is 4.09. The zero-order valence-electron chi connectivity index (χ0n) is 14.8. The quantitative estimate of drug-likeness (QED) is 0.621. The lowest BCUT2D eigenvalue weighted by Crippen LogP contribution is -2.14. The fourth-order valence-corrected chi connectivity index (χ4v) is 2.55. The number of carbonyl (C=O) groups excluding carboxylic acids is 1. The number of para-hydroxylation sites is 2. The molecule has 1 amide bonds. The second kappa shape index (κ2) is 8.80. The highest BCUT2D eigenvalue weighted by molar-refractivity contribution is 6.05. The topological polar surface area (TPSA) is 69.0 Å². The van der Waals surface area contributed by atoms with E-state index in [9.17, 15) is 4.79 Å². The molecule has 0 radical (unpaired) electrons. The molecule has 0 bridgehead atoms. The van der Waals surface area contributed by atoms with Crippen LogP contribution in [0, 0.1) is 0 Å². The lowest BCUT2D eigenvalue weighted by atomic mass is 10.2. The number of carbonyl (C=O) groups is 1. The molecule has 1 heterocycles. The summed E-state index contributed by atoms with van der Waals surface area (Å²) in [7, 11) is 0. The summed E-state index contributed by atoms with van der Waals surface area (Å²) in [5.41, 5.74) is 2.00. The molecule has 0 saturated heterocycles. The smallest absolute Gasteiger partial charge is 0.255 e. The molecule has 3 aromatic rings. The number of nitrogens with zero attached hydrogens (tertiary/aromatic N) is 3. The minimum atomic E-state index is -0.185. The van der Waals surface area contributed by atoms with Crippen molar-refractivity contribution in [3.8, 4) is 11.4 Å². The van der Waals surface area contributed by atoms with Crippen LogP contribution in [0.5, 0.6) is 5.75 Å². The second-order valence-electron chi connectivity index (χ2n) is 5.90. The number of unbranched alkanes of at least 4 members (excludes halogenated alkanes) is 2. The highest BCUT2D eigenvalue weighted by Gasteiger charge is 2.10. The number of hydrogen-bond donors (Lipinski definition) is 1. The molecule has 0 aliphatic carbocycles. The molecule has 134 valence electrons. The first kappa shape index (κ1) is 17.7. The van der Waals surface area contributed by atoms with Crippen LogP contribution in [-0.2, 0) is 0 Å². The van der Waals surface area contributed by atoms with Crippen molar-refractivity contribution in [3.05, 3.63) is 66.5 Å². The van der Waals surface area contributed by atoms with Crippen molar-refractivity contribution in [2.45, 2.75) is 26.2 Å². The number of ether oxygens (including phenoxy) is 1. The maximum atomic E-state index is 12.5. The zero-order valence-corrected chi connectivity index (χ0v) is 14.8. The molecule has 1 N–H and O–H groups in total. The van der Waals surface area contributed by atoms with Gasteiger partial charge in [-0.1, -0.05) is 37.1 Å². The molecule has 3 rings (SSSR count). The Hall–Kier alpha value is -3.15. The van der Waals surface area contributed by atoms with Crippen LogP contribution < -0.4 is 10.1 Å². The van der Waals surface area contributed by atoms with E-state index in [1.807, 2.05) is 36.4 Å². The Morgan fingerprint density at radius 2 is 1.92 bits per heavy atom. The van der Waals surface area contributed by atoms with E-state index in [4.69, 9.17) is 4.74 Å². The van der Waals surface area contributed by atoms with Gasteiger partial charge >= 0.3 is 0 Å². The van der Waals surface area contributed by atoms with Gasteiger partial charge in [0.2, 0.25) is 0 Å². The maximum absolute atomic E-state index is 12.5. The van der Waals surface area contributed by atoms with E-state index in [-0.39, 0.29) is 5.91 Å². The number of amides is 1. The van der Waals surface area contributed by atoms with Gasteiger partial charge < -0.3 is 10.1 Å². The summed E-state index contributed by atoms with van der Waals surface area (Å²) in [6.45, 7) is 2.86. The van der Waals surface area contributed by atoms with Crippen LogP contribution in [0.3, 0.4) is 0 Å². The summed E-state index contributed by atoms with van der Waals surface area (Å²) in [5, 5.41) is 10.7. The molecular weight excluding hydrogens is 328 g/mol. The van der Waals surface area contributed by atoms with Gasteiger partial charge in [-0.15, -0.1) is 5.10 Å². The molecule has 6 heteroatoms. The molecule has 0 atom stereocenters. The Bertz CT molecular complexity index is 829. The number of nitrogens with one attached hydrogen (secondary N) is 1. The number of hydrogen-bond acceptors (Lipinski definition) is 4. The molecular formula is C20H22N4O2. The highest BCUT2D eigenvalue weighted by Crippen LogP contribution is 2.20. The Kier molecular flexibility index (Phi) is 5.98. The molecule has 0 aliphatic heterocycles. The maximum Gasteiger partial charge on any atom is 0.255 e. The van der Waals surface area contributed by atoms with Crippen LogP contribution in [0.15, 0.2) is 60.9 Å². The van der Waals surface area contributed by atoms with Crippen LogP contribution in [0.2, 0.25) is 0 Å². The van der Waals surface area contributed by atoms with E-state index in [2.05, 4.69) is 22.6 Å². The molecule has 0 aliphatic rings. The molecule has 0 spiro atoms. The van der Waals surface area contributed by atoms with Gasteiger partial charge in [0.25, 0.3) is 5.91 Å². The van der Waals surface area contributed by atoms with E-state index in [1.165, 1.54) is 6.42 Å². The fourth-order valence-electron chi connectivity index (χ4n) is 2.55. The number of rotatable bonds is 8. The van der Waals surface area contributed by atoms with Crippen LogP contribution in [0.1, 0.15) is 36.5 Å². The van der Waals surface area contributed by atoms with Crippen LogP contribution >= 0.6 is 0 Å². The van der Waals surface area contributed by atoms with Crippen molar-refractivity contribution >= 4 is 11.6 Å². The standard InChI is InChI=1S/C20H22N4O2/c1-2-3-6-15-26-17-11-9-16(10-12-17)20(25)22-18-7-4-5-8-19(18)24-14-13-21-23-24/h4-5,7-14H,2-3,6,15H2,1H3,(H,22,25). The first-order chi connectivity index (χ1) is 12.8. The third kappa shape index (κ3) is 4.47. The predicted molar refractivity (Wildman–Crippen MR) is 101 cm³/mol. The third-order valence-corrected chi connectivity index (χ3v) is 3.95. The van der Waals surface area contributed by atoms with Crippen LogP contribution in [-0.4, -0.2) is 27.5 Å². The molecule has 2 aromatic carbocycles. The Morgan fingerprint density at radius 3 is 2.65 bits per heavy atom. The molecule has 1 aromatic heterocycles.